The van der Waals surface area contributed by atoms with Crippen LogP contribution in [-0.4, -0.2) is 23.8 Å². The molecule has 0 saturated heterocycles. The highest BCUT2D eigenvalue weighted by molar-refractivity contribution is 5.66. The molecule has 0 bridgehead atoms. The molecule has 0 radical (unpaired) electrons. The molecule has 3 heteroatoms. The van der Waals surface area contributed by atoms with Crippen molar-refractivity contribution in [3.8, 4) is 0 Å². The summed E-state index contributed by atoms with van der Waals surface area (Å²) < 4.78 is 5.04. The summed E-state index contributed by atoms with van der Waals surface area (Å²) in [5.41, 5.74) is 0. The number of ether oxygens (including phenoxy) is 1. The molecule has 0 saturated carbocycles. The number of unbranched alkanes of at least 4 members (excludes halogenated alkanes) is 1. The van der Waals surface area contributed by atoms with Gasteiger partial charge in [-0.05, 0) is 33.1 Å². The Morgan fingerprint density at radius 3 is 2.00 bits per heavy atom. The van der Waals surface area contributed by atoms with Crippen molar-refractivity contribution in [2.24, 2.45) is 5.92 Å². The van der Waals surface area contributed by atoms with Crippen molar-refractivity contribution in [3.63, 3.8) is 0 Å². The Labute approximate surface area is 100 Å². The fourth-order valence-corrected chi connectivity index (χ4v) is 1.16. The third-order valence-corrected chi connectivity index (χ3v) is 1.92. The predicted molar refractivity (Wildman–Crippen MR) is 67.7 cm³/mol. The summed E-state index contributed by atoms with van der Waals surface area (Å²) in [7, 11) is 0. The number of rotatable bonds is 7. The van der Waals surface area contributed by atoms with Gasteiger partial charge in [0.05, 0.1) is 6.10 Å². The Hall–Kier alpha value is -0.570. The van der Waals surface area contributed by atoms with E-state index in [-0.39, 0.29) is 0 Å². The van der Waals surface area contributed by atoms with E-state index < -0.39 is 5.97 Å². The fraction of sp³-hybridized carbons (Fsp3) is 0.923. The zero-order valence-electron chi connectivity index (χ0n) is 11.5. The van der Waals surface area contributed by atoms with E-state index in [0.717, 1.165) is 25.9 Å². The molecule has 0 atom stereocenters. The molecule has 0 aliphatic carbocycles. The van der Waals surface area contributed by atoms with Crippen LogP contribution in [-0.2, 0) is 9.53 Å². The number of hydrogen-bond acceptors (Lipinski definition) is 2. The first-order valence-corrected chi connectivity index (χ1v) is 6.23. The van der Waals surface area contributed by atoms with E-state index in [9.17, 15) is 4.79 Å². The number of carbonyl (C=O) groups is 1. The molecule has 3 nitrogen and oxygen atoms in total. The number of hydrogen-bond donors (Lipinski definition) is 1. The van der Waals surface area contributed by atoms with E-state index in [0.29, 0.717) is 18.4 Å². The monoisotopic (exact) mass is 232 g/mol. The summed E-state index contributed by atoms with van der Waals surface area (Å²) in [5, 5.41) is 8.28. The SMILES string of the molecule is CC(C)CCCCC(=O)O.CCOC(C)C. The Morgan fingerprint density at radius 2 is 1.75 bits per heavy atom. The highest BCUT2D eigenvalue weighted by Gasteiger charge is 1.97. The van der Waals surface area contributed by atoms with Gasteiger partial charge in [-0.1, -0.05) is 26.7 Å². The number of carboxylic acids is 1. The van der Waals surface area contributed by atoms with Crippen molar-refractivity contribution in [2.75, 3.05) is 6.61 Å². The van der Waals surface area contributed by atoms with E-state index in [2.05, 4.69) is 13.8 Å². The second kappa shape index (κ2) is 12.5. The molecular formula is C13H28O3. The van der Waals surface area contributed by atoms with Crippen LogP contribution in [0.15, 0.2) is 0 Å². The van der Waals surface area contributed by atoms with Crippen molar-refractivity contribution in [1.82, 2.24) is 0 Å². The van der Waals surface area contributed by atoms with Crippen molar-refractivity contribution in [1.29, 1.82) is 0 Å². The molecule has 16 heavy (non-hydrogen) atoms. The Kier molecular flexibility index (Phi) is 13.9. The normalized spacial score (nSPS) is 10.2. The zero-order valence-corrected chi connectivity index (χ0v) is 11.5. The first-order valence-electron chi connectivity index (χ1n) is 6.23. The van der Waals surface area contributed by atoms with Gasteiger partial charge in [-0.2, -0.15) is 0 Å². The van der Waals surface area contributed by atoms with E-state index in [1.165, 1.54) is 0 Å². The topological polar surface area (TPSA) is 46.5 Å². The first kappa shape index (κ1) is 17.8. The number of carboxylic acid groups (broad SMARTS) is 1. The minimum Gasteiger partial charge on any atom is -0.481 e. The molecule has 0 rings (SSSR count). The molecule has 0 heterocycles. The summed E-state index contributed by atoms with van der Waals surface area (Å²) in [5.74, 6) is 0.0255. The standard InChI is InChI=1S/C8H16O2.C5H12O/c1-7(2)5-3-4-6-8(9)10;1-4-6-5(2)3/h7H,3-6H2,1-2H3,(H,9,10);5H,4H2,1-3H3. The molecule has 0 amide bonds. The average Bonchev–Trinajstić information content (AvgIpc) is 2.12. The van der Waals surface area contributed by atoms with Crippen LogP contribution >= 0.6 is 0 Å². The maximum absolute atomic E-state index is 10.0. The third-order valence-electron chi connectivity index (χ3n) is 1.92. The quantitative estimate of drug-likeness (QED) is 0.680. The van der Waals surface area contributed by atoms with Gasteiger partial charge >= 0.3 is 5.97 Å². The Bertz CT molecular complexity index is 153. The lowest BCUT2D eigenvalue weighted by Gasteiger charge is -2.01. The molecule has 0 aliphatic rings. The van der Waals surface area contributed by atoms with Crippen LogP contribution in [0.4, 0.5) is 0 Å². The van der Waals surface area contributed by atoms with Crippen LogP contribution in [0.5, 0.6) is 0 Å². The molecular weight excluding hydrogens is 204 g/mol. The van der Waals surface area contributed by atoms with Crippen LogP contribution in [0.25, 0.3) is 0 Å². The Morgan fingerprint density at radius 1 is 1.19 bits per heavy atom. The maximum Gasteiger partial charge on any atom is 0.303 e. The van der Waals surface area contributed by atoms with Crippen LogP contribution in [0, 0.1) is 5.92 Å². The van der Waals surface area contributed by atoms with Crippen molar-refractivity contribution in [2.45, 2.75) is 66.4 Å². The number of aliphatic carboxylic acids is 1. The summed E-state index contributed by atoms with van der Waals surface area (Å²) >= 11 is 0. The maximum atomic E-state index is 10.0. The molecule has 0 unspecified atom stereocenters. The molecule has 0 aromatic heterocycles. The van der Waals surface area contributed by atoms with E-state index in [4.69, 9.17) is 9.84 Å². The van der Waals surface area contributed by atoms with Gasteiger partial charge in [-0.3, -0.25) is 4.79 Å². The van der Waals surface area contributed by atoms with Crippen molar-refractivity contribution < 1.29 is 14.6 Å². The molecule has 0 aromatic carbocycles. The van der Waals surface area contributed by atoms with Crippen LogP contribution < -0.4 is 0 Å². The highest BCUT2D eigenvalue weighted by atomic mass is 16.5. The first-order chi connectivity index (χ1) is 7.40. The van der Waals surface area contributed by atoms with Gasteiger partial charge in [-0.25, -0.2) is 0 Å². The Balaban J connectivity index is 0. The lowest BCUT2D eigenvalue weighted by Crippen LogP contribution is -1.99. The van der Waals surface area contributed by atoms with Gasteiger partial charge in [0.15, 0.2) is 0 Å². The third kappa shape index (κ3) is 23.3. The van der Waals surface area contributed by atoms with E-state index in [1.54, 1.807) is 0 Å². The largest absolute Gasteiger partial charge is 0.481 e. The van der Waals surface area contributed by atoms with Crippen molar-refractivity contribution >= 4 is 5.97 Å². The van der Waals surface area contributed by atoms with Crippen LogP contribution in [0.1, 0.15) is 60.3 Å². The summed E-state index contributed by atoms with van der Waals surface area (Å²) in [6.07, 6.45) is 3.74. The lowest BCUT2D eigenvalue weighted by atomic mass is 10.1. The van der Waals surface area contributed by atoms with Gasteiger partial charge in [-0.15, -0.1) is 0 Å². The summed E-state index contributed by atoms with van der Waals surface area (Å²) in [6.45, 7) is 11.2. The smallest absolute Gasteiger partial charge is 0.303 e. The summed E-state index contributed by atoms with van der Waals surface area (Å²) in [4.78, 5) is 10.0. The minimum absolute atomic E-state index is 0.326. The minimum atomic E-state index is -0.677. The second-order valence-corrected chi connectivity index (χ2v) is 4.54. The molecule has 0 aliphatic heterocycles. The second-order valence-electron chi connectivity index (χ2n) is 4.54. The molecule has 0 spiro atoms. The lowest BCUT2D eigenvalue weighted by molar-refractivity contribution is -0.137. The van der Waals surface area contributed by atoms with Gasteiger partial charge < -0.3 is 9.84 Å². The fourth-order valence-electron chi connectivity index (χ4n) is 1.16. The molecule has 0 fully saturated rings. The molecule has 98 valence electrons. The molecule has 0 aromatic rings. The van der Waals surface area contributed by atoms with E-state index in [1.807, 2.05) is 20.8 Å². The van der Waals surface area contributed by atoms with Gasteiger partial charge in [0.25, 0.3) is 0 Å². The molecule has 1 N–H and O–H groups in total. The average molecular weight is 232 g/mol. The van der Waals surface area contributed by atoms with Gasteiger partial charge in [0.2, 0.25) is 0 Å². The van der Waals surface area contributed by atoms with Gasteiger partial charge in [0, 0.05) is 13.0 Å². The van der Waals surface area contributed by atoms with E-state index >= 15 is 0 Å². The van der Waals surface area contributed by atoms with Gasteiger partial charge in [0.1, 0.15) is 0 Å². The summed E-state index contributed by atoms with van der Waals surface area (Å²) in [6, 6.07) is 0. The van der Waals surface area contributed by atoms with Crippen LogP contribution in [0.3, 0.4) is 0 Å². The zero-order chi connectivity index (χ0) is 13.0. The predicted octanol–water partition coefficient (Wildman–Crippen LogP) is 3.72. The van der Waals surface area contributed by atoms with Crippen LogP contribution in [0.2, 0.25) is 0 Å². The van der Waals surface area contributed by atoms with Crippen molar-refractivity contribution in [3.05, 3.63) is 0 Å². The highest BCUT2D eigenvalue weighted by Crippen LogP contribution is 2.07.